The number of carbonyl (C=O) groups is 2. The van der Waals surface area contributed by atoms with Crippen LogP contribution in [-0.2, 0) is 0 Å². The number of rotatable bonds is 14. The van der Waals surface area contributed by atoms with E-state index in [4.69, 9.17) is 4.74 Å². The number of hydrogen-bond donors (Lipinski definition) is 1. The molecule has 7 heteroatoms. The average molecular weight is 553 g/mol. The van der Waals surface area contributed by atoms with E-state index in [0.717, 1.165) is 51.5 Å². The molecule has 4 aliphatic rings. The molecular weight excluding hydrogens is 500 g/mol. The van der Waals surface area contributed by atoms with Gasteiger partial charge in [-0.2, -0.15) is 0 Å². The molecule has 1 saturated heterocycles. The SMILES string of the molecule is CCCCCCCCNC(=O)N(CCN1CCN(C(=O)c2cccc(OC)c2)CC1)CC1=CCC2CC1C2(C)C. The van der Waals surface area contributed by atoms with Gasteiger partial charge in [-0.05, 0) is 54.7 Å². The number of nitrogens with one attached hydrogen (secondary N) is 1. The van der Waals surface area contributed by atoms with Crippen molar-refractivity contribution in [3.05, 3.63) is 41.5 Å². The Hall–Kier alpha value is -2.54. The molecule has 7 nitrogen and oxygen atoms in total. The maximum Gasteiger partial charge on any atom is 0.317 e. The zero-order valence-electron chi connectivity index (χ0n) is 25.4. The summed E-state index contributed by atoms with van der Waals surface area (Å²) in [6, 6.07) is 7.45. The topological polar surface area (TPSA) is 65.1 Å². The first kappa shape index (κ1) is 30.4. The molecule has 2 bridgehead atoms. The summed E-state index contributed by atoms with van der Waals surface area (Å²) in [5, 5.41) is 3.23. The molecule has 2 unspecified atom stereocenters. The smallest absolute Gasteiger partial charge is 0.317 e. The number of carbonyl (C=O) groups excluding carboxylic acids is 2. The Bertz CT molecular complexity index is 1010. The van der Waals surface area contributed by atoms with Gasteiger partial charge in [-0.15, -0.1) is 0 Å². The van der Waals surface area contributed by atoms with E-state index >= 15 is 0 Å². The predicted molar refractivity (Wildman–Crippen MR) is 162 cm³/mol. The zero-order chi connectivity index (χ0) is 28.5. The lowest BCUT2D eigenvalue weighted by Gasteiger charge is -2.57. The fourth-order valence-electron chi connectivity index (χ4n) is 6.72. The van der Waals surface area contributed by atoms with Crippen LogP contribution < -0.4 is 10.1 Å². The third kappa shape index (κ3) is 7.59. The summed E-state index contributed by atoms with van der Waals surface area (Å²) < 4.78 is 5.29. The van der Waals surface area contributed by atoms with Crippen molar-refractivity contribution in [2.45, 2.75) is 72.1 Å². The molecule has 0 aromatic heterocycles. The molecule has 0 radical (unpaired) electrons. The first-order valence-electron chi connectivity index (χ1n) is 15.7. The molecule has 3 amide bonds. The molecule has 3 aliphatic carbocycles. The van der Waals surface area contributed by atoms with E-state index in [2.05, 4.69) is 37.1 Å². The van der Waals surface area contributed by atoms with Crippen LogP contribution in [0.4, 0.5) is 4.79 Å². The average Bonchev–Trinajstić information content (AvgIpc) is 2.98. The van der Waals surface area contributed by atoms with E-state index < -0.39 is 0 Å². The summed E-state index contributed by atoms with van der Waals surface area (Å²) >= 11 is 0. The second-order valence-electron chi connectivity index (χ2n) is 12.6. The van der Waals surface area contributed by atoms with E-state index in [1.165, 1.54) is 44.1 Å². The summed E-state index contributed by atoms with van der Waals surface area (Å²) in [7, 11) is 1.62. The van der Waals surface area contributed by atoms with Crippen molar-refractivity contribution in [3.8, 4) is 5.75 Å². The Morgan fingerprint density at radius 2 is 1.82 bits per heavy atom. The van der Waals surface area contributed by atoms with Crippen molar-refractivity contribution >= 4 is 11.9 Å². The number of urea groups is 1. The second-order valence-corrected chi connectivity index (χ2v) is 12.6. The maximum absolute atomic E-state index is 13.4. The number of allylic oxidation sites excluding steroid dienone is 1. The number of fused-ring (bicyclic) bond motifs is 1. The monoisotopic (exact) mass is 552 g/mol. The van der Waals surface area contributed by atoms with Crippen LogP contribution in [0, 0.1) is 17.3 Å². The Morgan fingerprint density at radius 1 is 1.07 bits per heavy atom. The van der Waals surface area contributed by atoms with Gasteiger partial charge in [0.15, 0.2) is 0 Å². The summed E-state index contributed by atoms with van der Waals surface area (Å²) in [4.78, 5) is 32.8. The largest absolute Gasteiger partial charge is 0.497 e. The number of ether oxygens (including phenoxy) is 1. The van der Waals surface area contributed by atoms with Gasteiger partial charge in [0.05, 0.1) is 7.11 Å². The van der Waals surface area contributed by atoms with Gasteiger partial charge in [0.1, 0.15) is 5.75 Å². The highest BCUT2D eigenvalue weighted by atomic mass is 16.5. The molecule has 1 saturated carbocycles. The molecule has 222 valence electrons. The minimum Gasteiger partial charge on any atom is -0.497 e. The molecule has 2 fully saturated rings. The van der Waals surface area contributed by atoms with Crippen molar-refractivity contribution in [1.82, 2.24) is 20.0 Å². The lowest BCUT2D eigenvalue weighted by atomic mass is 9.49. The number of amides is 3. The van der Waals surface area contributed by atoms with Gasteiger partial charge in [-0.1, -0.05) is 70.6 Å². The summed E-state index contributed by atoms with van der Waals surface area (Å²) in [5.41, 5.74) is 2.48. The van der Waals surface area contributed by atoms with E-state index in [1.54, 1.807) is 7.11 Å². The first-order valence-corrected chi connectivity index (χ1v) is 15.7. The van der Waals surface area contributed by atoms with Crippen molar-refractivity contribution in [3.63, 3.8) is 0 Å². The molecule has 1 N–H and O–H groups in total. The van der Waals surface area contributed by atoms with Crippen molar-refractivity contribution in [2.75, 3.05) is 59.5 Å². The second kappa shape index (κ2) is 14.4. The Kier molecular flexibility index (Phi) is 10.9. The fourth-order valence-corrected chi connectivity index (χ4v) is 6.72. The number of benzene rings is 1. The molecule has 1 heterocycles. The quantitative estimate of drug-likeness (QED) is 0.233. The molecule has 0 spiro atoms. The van der Waals surface area contributed by atoms with E-state index in [9.17, 15) is 9.59 Å². The number of hydrogen-bond acceptors (Lipinski definition) is 4. The molecule has 1 aromatic rings. The number of methoxy groups -OCH3 is 1. The highest BCUT2D eigenvalue weighted by molar-refractivity contribution is 5.94. The summed E-state index contributed by atoms with van der Waals surface area (Å²) in [6.45, 7) is 13.1. The zero-order valence-corrected chi connectivity index (χ0v) is 25.4. The summed E-state index contributed by atoms with van der Waals surface area (Å²) in [5.74, 6) is 2.16. The molecule has 2 atom stereocenters. The van der Waals surface area contributed by atoms with Gasteiger partial charge in [-0.25, -0.2) is 4.79 Å². The lowest BCUT2D eigenvalue weighted by molar-refractivity contribution is -0.00984. The normalized spacial score (nSPS) is 21.8. The molecule has 5 rings (SSSR count). The summed E-state index contributed by atoms with van der Waals surface area (Å²) in [6.07, 6.45) is 12.2. The maximum atomic E-state index is 13.4. The van der Waals surface area contributed by atoms with Gasteiger partial charge in [-0.3, -0.25) is 9.69 Å². The highest BCUT2D eigenvalue weighted by Gasteiger charge is 2.51. The van der Waals surface area contributed by atoms with Crippen LogP contribution in [0.3, 0.4) is 0 Å². The predicted octanol–water partition coefficient (Wildman–Crippen LogP) is 5.82. The van der Waals surface area contributed by atoms with Crippen molar-refractivity contribution in [1.29, 1.82) is 0 Å². The molecule has 40 heavy (non-hydrogen) atoms. The first-order chi connectivity index (χ1) is 19.3. The highest BCUT2D eigenvalue weighted by Crippen LogP contribution is 2.59. The van der Waals surface area contributed by atoms with Crippen LogP contribution in [0.1, 0.15) is 82.5 Å². The van der Waals surface area contributed by atoms with Gasteiger partial charge in [0.25, 0.3) is 5.91 Å². The van der Waals surface area contributed by atoms with E-state index in [-0.39, 0.29) is 11.9 Å². The van der Waals surface area contributed by atoms with Crippen LogP contribution >= 0.6 is 0 Å². The van der Waals surface area contributed by atoms with Crippen LogP contribution in [0.25, 0.3) is 0 Å². The number of unbranched alkanes of at least 4 members (excludes halogenated alkanes) is 5. The Morgan fingerprint density at radius 3 is 2.52 bits per heavy atom. The Balaban J connectivity index is 1.27. The standard InChI is InChI=1S/C33H52N4O3/c1-5-6-7-8-9-10-16-34-32(39)37(25-27-14-15-28-24-30(27)33(28,2)3)22-19-35-17-20-36(21-18-35)31(38)26-12-11-13-29(23-26)40-4/h11-14,23,28,30H,5-10,15-22,24-25H2,1-4H3,(H,34,39). The Labute approximate surface area is 242 Å². The van der Waals surface area contributed by atoms with Crippen LogP contribution in [0.2, 0.25) is 0 Å². The van der Waals surface area contributed by atoms with Gasteiger partial charge in [0.2, 0.25) is 0 Å². The minimum absolute atomic E-state index is 0.0555. The lowest BCUT2D eigenvalue weighted by Crippen LogP contribution is -2.53. The van der Waals surface area contributed by atoms with Gasteiger partial charge >= 0.3 is 6.03 Å². The van der Waals surface area contributed by atoms with Crippen LogP contribution in [-0.4, -0.2) is 86.1 Å². The minimum atomic E-state index is 0.0555. The molecule has 1 aromatic carbocycles. The fraction of sp³-hybridized carbons (Fsp3) is 0.697. The van der Waals surface area contributed by atoms with Gasteiger partial charge in [0, 0.05) is 57.9 Å². The third-order valence-electron chi connectivity index (χ3n) is 9.71. The van der Waals surface area contributed by atoms with Crippen LogP contribution in [0.5, 0.6) is 5.75 Å². The number of nitrogens with zero attached hydrogens (tertiary/aromatic N) is 3. The van der Waals surface area contributed by atoms with Crippen molar-refractivity contribution < 1.29 is 14.3 Å². The third-order valence-corrected chi connectivity index (χ3v) is 9.71. The van der Waals surface area contributed by atoms with Gasteiger partial charge < -0.3 is 19.9 Å². The van der Waals surface area contributed by atoms with Crippen molar-refractivity contribution in [2.24, 2.45) is 17.3 Å². The molecule has 1 aliphatic heterocycles. The van der Waals surface area contributed by atoms with E-state index in [0.29, 0.717) is 42.3 Å². The molecular formula is C33H52N4O3. The van der Waals surface area contributed by atoms with Crippen LogP contribution in [0.15, 0.2) is 35.9 Å². The van der Waals surface area contributed by atoms with E-state index in [1.807, 2.05) is 34.1 Å². The number of piperazine rings is 1.